The van der Waals surface area contributed by atoms with Gasteiger partial charge < -0.3 is 14.2 Å². The number of hydrogen-bond acceptors (Lipinski definition) is 5. The molecule has 0 N–H and O–H groups in total. The molecule has 0 aliphatic carbocycles. The van der Waals surface area contributed by atoms with Crippen molar-refractivity contribution in [2.75, 3.05) is 13.2 Å². The van der Waals surface area contributed by atoms with Crippen LogP contribution in [0.25, 0.3) is 0 Å². The number of carbonyl (C=O) groups excluding carboxylic acids is 1. The molecule has 1 aliphatic rings. The number of epoxide rings is 1. The number of nitrogens with zero attached hydrogens (tertiary/aromatic N) is 1. The molecule has 0 aromatic heterocycles. The zero-order valence-electron chi connectivity index (χ0n) is 12.5. The molecule has 0 radical (unpaired) electrons. The lowest BCUT2D eigenvalue weighted by atomic mass is 10.3. The van der Waals surface area contributed by atoms with Crippen molar-refractivity contribution in [3.63, 3.8) is 0 Å². The SMILES string of the molecule is CCCOC(=O)C1OC1C(=Nc1ccccc1)OCCC. The molecule has 2 unspecified atom stereocenters. The summed E-state index contributed by atoms with van der Waals surface area (Å²) in [5.41, 5.74) is 0.778. The predicted molar refractivity (Wildman–Crippen MR) is 79.7 cm³/mol. The first-order chi connectivity index (χ1) is 10.3. The van der Waals surface area contributed by atoms with Crippen molar-refractivity contribution in [1.29, 1.82) is 0 Å². The molecule has 0 bridgehead atoms. The molecule has 5 heteroatoms. The van der Waals surface area contributed by atoms with Gasteiger partial charge in [-0.25, -0.2) is 9.79 Å². The van der Waals surface area contributed by atoms with E-state index in [1.54, 1.807) is 0 Å². The maximum absolute atomic E-state index is 11.7. The van der Waals surface area contributed by atoms with Crippen LogP contribution in [0.5, 0.6) is 0 Å². The molecule has 21 heavy (non-hydrogen) atoms. The molecule has 1 fully saturated rings. The Balaban J connectivity index is 2.01. The van der Waals surface area contributed by atoms with Crippen molar-refractivity contribution in [2.45, 2.75) is 38.9 Å². The number of hydrogen-bond donors (Lipinski definition) is 0. The van der Waals surface area contributed by atoms with Crippen LogP contribution < -0.4 is 0 Å². The van der Waals surface area contributed by atoms with Crippen LogP contribution in [0.1, 0.15) is 26.7 Å². The molecule has 0 spiro atoms. The van der Waals surface area contributed by atoms with Gasteiger partial charge >= 0.3 is 5.97 Å². The smallest absolute Gasteiger partial charge is 0.338 e. The Kier molecular flexibility index (Phi) is 5.75. The minimum Gasteiger partial charge on any atom is -0.479 e. The third-order valence-corrected chi connectivity index (χ3v) is 2.87. The van der Waals surface area contributed by atoms with Crippen LogP contribution >= 0.6 is 0 Å². The van der Waals surface area contributed by atoms with Gasteiger partial charge in [0.25, 0.3) is 0 Å². The lowest BCUT2D eigenvalue weighted by Gasteiger charge is -2.06. The van der Waals surface area contributed by atoms with E-state index in [0.717, 1.165) is 18.5 Å². The molecule has 1 saturated heterocycles. The Morgan fingerprint density at radius 2 is 1.76 bits per heavy atom. The highest BCUT2D eigenvalue weighted by atomic mass is 16.7. The summed E-state index contributed by atoms with van der Waals surface area (Å²) in [5, 5.41) is 0. The normalized spacial score (nSPS) is 21.0. The number of aliphatic imine (C=N–C) groups is 1. The Morgan fingerprint density at radius 1 is 1.10 bits per heavy atom. The van der Waals surface area contributed by atoms with Crippen molar-refractivity contribution >= 4 is 17.6 Å². The van der Waals surface area contributed by atoms with Crippen LogP contribution in [0.3, 0.4) is 0 Å². The van der Waals surface area contributed by atoms with Gasteiger partial charge in [-0.2, -0.15) is 0 Å². The van der Waals surface area contributed by atoms with Crippen molar-refractivity contribution in [3.8, 4) is 0 Å². The second-order valence-corrected chi connectivity index (χ2v) is 4.78. The minimum absolute atomic E-state index is 0.345. The highest BCUT2D eigenvalue weighted by Gasteiger charge is 2.51. The van der Waals surface area contributed by atoms with E-state index in [9.17, 15) is 4.79 Å². The first-order valence-electron chi connectivity index (χ1n) is 7.34. The molecule has 5 nitrogen and oxygen atoms in total. The summed E-state index contributed by atoms with van der Waals surface area (Å²) in [6, 6.07) is 9.47. The van der Waals surface area contributed by atoms with Gasteiger partial charge in [0.05, 0.1) is 18.9 Å². The van der Waals surface area contributed by atoms with E-state index < -0.39 is 12.2 Å². The molecule has 1 heterocycles. The lowest BCUT2D eigenvalue weighted by Crippen LogP contribution is -2.21. The monoisotopic (exact) mass is 291 g/mol. The van der Waals surface area contributed by atoms with Crippen LogP contribution in [-0.4, -0.2) is 37.3 Å². The van der Waals surface area contributed by atoms with Crippen LogP contribution in [0.4, 0.5) is 5.69 Å². The van der Waals surface area contributed by atoms with Gasteiger partial charge in [-0.3, -0.25) is 0 Å². The standard InChI is InChI=1S/C16H21NO4/c1-3-10-19-15(17-12-8-6-5-7-9-12)13-14(21-13)16(18)20-11-4-2/h5-9,13-14H,3-4,10-11H2,1-2H3. The fraction of sp³-hybridized carbons (Fsp3) is 0.500. The van der Waals surface area contributed by atoms with E-state index in [-0.39, 0.29) is 5.97 Å². The summed E-state index contributed by atoms with van der Waals surface area (Å²) in [7, 11) is 0. The maximum Gasteiger partial charge on any atom is 0.338 e. The summed E-state index contributed by atoms with van der Waals surface area (Å²) in [4.78, 5) is 16.2. The number of rotatable bonds is 7. The van der Waals surface area contributed by atoms with E-state index in [1.807, 2.05) is 44.2 Å². The fourth-order valence-corrected chi connectivity index (χ4v) is 1.78. The number of esters is 1. The third-order valence-electron chi connectivity index (χ3n) is 2.87. The van der Waals surface area contributed by atoms with Crippen molar-refractivity contribution in [2.24, 2.45) is 4.99 Å². The average Bonchev–Trinajstić information content (AvgIpc) is 3.30. The van der Waals surface area contributed by atoms with E-state index in [2.05, 4.69) is 4.99 Å². The van der Waals surface area contributed by atoms with Gasteiger partial charge in [0.15, 0.2) is 12.2 Å². The van der Waals surface area contributed by atoms with Crippen LogP contribution in [-0.2, 0) is 19.0 Å². The quantitative estimate of drug-likeness (QED) is 0.335. The lowest BCUT2D eigenvalue weighted by molar-refractivity contribution is -0.145. The number of ether oxygens (including phenoxy) is 3. The van der Waals surface area contributed by atoms with Gasteiger partial charge in [-0.1, -0.05) is 32.0 Å². The average molecular weight is 291 g/mol. The maximum atomic E-state index is 11.7. The topological polar surface area (TPSA) is 60.4 Å². The van der Waals surface area contributed by atoms with Gasteiger partial charge in [0.2, 0.25) is 5.90 Å². The summed E-state index contributed by atoms with van der Waals surface area (Å²) in [5.74, 6) is 0.101. The molecule has 0 amide bonds. The van der Waals surface area contributed by atoms with Crippen LogP contribution in [0.15, 0.2) is 35.3 Å². The van der Waals surface area contributed by atoms with E-state index >= 15 is 0 Å². The van der Waals surface area contributed by atoms with Gasteiger partial charge in [-0.15, -0.1) is 0 Å². The van der Waals surface area contributed by atoms with E-state index in [1.165, 1.54) is 0 Å². The summed E-state index contributed by atoms with van der Waals surface area (Å²) < 4.78 is 16.1. The second-order valence-electron chi connectivity index (χ2n) is 4.78. The number of benzene rings is 1. The minimum atomic E-state index is -0.587. The Bertz CT molecular complexity index is 486. The highest BCUT2D eigenvalue weighted by Crippen LogP contribution is 2.27. The molecular weight excluding hydrogens is 270 g/mol. The Morgan fingerprint density at radius 3 is 2.43 bits per heavy atom. The highest BCUT2D eigenvalue weighted by molar-refractivity contribution is 5.94. The molecule has 114 valence electrons. The summed E-state index contributed by atoms with van der Waals surface area (Å²) in [6.07, 6.45) is 0.642. The molecular formula is C16H21NO4. The molecule has 0 saturated carbocycles. The van der Waals surface area contributed by atoms with Crippen LogP contribution in [0, 0.1) is 0 Å². The fourth-order valence-electron chi connectivity index (χ4n) is 1.78. The summed E-state index contributed by atoms with van der Waals surface area (Å²) in [6.45, 7) is 4.92. The first-order valence-corrected chi connectivity index (χ1v) is 7.34. The van der Waals surface area contributed by atoms with Crippen molar-refractivity contribution < 1.29 is 19.0 Å². The molecule has 1 aromatic rings. The predicted octanol–water partition coefficient (Wildman–Crippen LogP) is 2.86. The van der Waals surface area contributed by atoms with E-state index in [0.29, 0.717) is 19.1 Å². The zero-order chi connectivity index (χ0) is 15.1. The van der Waals surface area contributed by atoms with Crippen molar-refractivity contribution in [3.05, 3.63) is 30.3 Å². The van der Waals surface area contributed by atoms with Gasteiger partial charge in [0, 0.05) is 0 Å². The molecule has 2 atom stereocenters. The molecule has 2 rings (SSSR count). The van der Waals surface area contributed by atoms with Gasteiger partial charge in [-0.05, 0) is 25.0 Å². The van der Waals surface area contributed by atoms with Gasteiger partial charge in [0.1, 0.15) is 0 Å². The second kappa shape index (κ2) is 7.78. The largest absolute Gasteiger partial charge is 0.479 e. The van der Waals surface area contributed by atoms with Crippen LogP contribution in [0.2, 0.25) is 0 Å². The molecule has 1 aromatic carbocycles. The number of carbonyl (C=O) groups is 1. The third kappa shape index (κ3) is 4.56. The van der Waals surface area contributed by atoms with Crippen molar-refractivity contribution in [1.82, 2.24) is 0 Å². The Labute approximate surface area is 124 Å². The Hall–Kier alpha value is -1.88. The number of para-hydroxylation sites is 1. The summed E-state index contributed by atoms with van der Waals surface area (Å²) >= 11 is 0. The van der Waals surface area contributed by atoms with E-state index in [4.69, 9.17) is 14.2 Å². The first kappa shape index (κ1) is 15.5. The zero-order valence-corrected chi connectivity index (χ0v) is 12.5. The molecule has 1 aliphatic heterocycles.